The van der Waals surface area contributed by atoms with Crippen molar-refractivity contribution in [1.29, 1.82) is 5.26 Å². The number of aryl methyl sites for hydroxylation is 1. The van der Waals surface area contributed by atoms with Crippen LogP contribution in [0.5, 0.6) is 0 Å². The number of nitrogens with one attached hydrogen (secondary N) is 1. The maximum absolute atomic E-state index is 11.3. The molecule has 3 aromatic rings. The van der Waals surface area contributed by atoms with Crippen LogP contribution in [-0.2, 0) is 4.74 Å². The van der Waals surface area contributed by atoms with E-state index in [4.69, 9.17) is 4.74 Å². The number of H-pyrrole nitrogens is 1. The van der Waals surface area contributed by atoms with Crippen molar-refractivity contribution >= 4 is 17.3 Å². The van der Waals surface area contributed by atoms with Crippen molar-refractivity contribution in [2.45, 2.75) is 25.9 Å². The van der Waals surface area contributed by atoms with E-state index in [0.29, 0.717) is 27.7 Å². The average Bonchev–Trinajstić information content (AvgIpc) is 3.40. The van der Waals surface area contributed by atoms with Crippen LogP contribution in [0.25, 0.3) is 22.0 Å². The standard InChI is InChI=1S/C18H15N5O3S/c1-9-15(18(24)25)27-17(21-9)10-5-11(7-19)22-12(6-10)13-8-20-16(23-13)14-3-2-4-26-14/h5-6,8,14H,2-4H2,1H3,(H,20,23)(H,24,25). The van der Waals surface area contributed by atoms with Gasteiger partial charge in [-0.3, -0.25) is 0 Å². The second kappa shape index (κ2) is 6.90. The van der Waals surface area contributed by atoms with Crippen molar-refractivity contribution in [2.24, 2.45) is 0 Å². The summed E-state index contributed by atoms with van der Waals surface area (Å²) in [6.07, 6.45) is 3.54. The van der Waals surface area contributed by atoms with E-state index in [2.05, 4.69) is 19.9 Å². The van der Waals surface area contributed by atoms with Gasteiger partial charge in [0.05, 0.1) is 23.3 Å². The molecule has 1 atom stereocenters. The molecule has 0 radical (unpaired) electrons. The van der Waals surface area contributed by atoms with Gasteiger partial charge in [0.15, 0.2) is 0 Å². The summed E-state index contributed by atoms with van der Waals surface area (Å²) in [7, 11) is 0. The number of nitriles is 1. The summed E-state index contributed by atoms with van der Waals surface area (Å²) in [4.78, 5) is 27.7. The zero-order valence-corrected chi connectivity index (χ0v) is 15.2. The van der Waals surface area contributed by atoms with Crippen molar-refractivity contribution in [3.63, 3.8) is 0 Å². The number of thiazole rings is 1. The Morgan fingerprint density at radius 2 is 2.30 bits per heavy atom. The second-order valence-corrected chi connectivity index (χ2v) is 7.16. The number of pyridine rings is 1. The van der Waals surface area contributed by atoms with Crippen LogP contribution in [0.1, 0.15) is 45.8 Å². The fourth-order valence-corrected chi connectivity index (χ4v) is 3.88. The van der Waals surface area contributed by atoms with Gasteiger partial charge in [-0.1, -0.05) is 0 Å². The molecule has 1 saturated heterocycles. The van der Waals surface area contributed by atoms with Crippen molar-refractivity contribution in [1.82, 2.24) is 19.9 Å². The lowest BCUT2D eigenvalue weighted by Gasteiger charge is -2.05. The van der Waals surface area contributed by atoms with Gasteiger partial charge in [-0.05, 0) is 31.9 Å². The number of carboxylic acids is 1. The summed E-state index contributed by atoms with van der Waals surface area (Å²) in [6.45, 7) is 2.38. The Labute approximate surface area is 158 Å². The molecule has 3 aromatic heterocycles. The van der Waals surface area contributed by atoms with Gasteiger partial charge in [0.2, 0.25) is 0 Å². The van der Waals surface area contributed by atoms with E-state index in [9.17, 15) is 15.2 Å². The average molecular weight is 381 g/mol. The summed E-state index contributed by atoms with van der Waals surface area (Å²) >= 11 is 1.08. The molecule has 0 aromatic carbocycles. The smallest absolute Gasteiger partial charge is 0.347 e. The highest BCUT2D eigenvalue weighted by Gasteiger charge is 2.22. The molecule has 9 heteroatoms. The highest BCUT2D eigenvalue weighted by atomic mass is 32.1. The molecule has 1 fully saturated rings. The van der Waals surface area contributed by atoms with Crippen LogP contribution in [0.4, 0.5) is 0 Å². The number of aromatic nitrogens is 4. The lowest BCUT2D eigenvalue weighted by molar-refractivity contribution is 0.0701. The van der Waals surface area contributed by atoms with Crippen LogP contribution >= 0.6 is 11.3 Å². The number of rotatable bonds is 4. The summed E-state index contributed by atoms with van der Waals surface area (Å²) in [5.74, 6) is -0.271. The first-order valence-electron chi connectivity index (χ1n) is 8.35. The van der Waals surface area contributed by atoms with E-state index in [1.807, 2.05) is 6.07 Å². The number of nitrogens with zero attached hydrogens (tertiary/aromatic N) is 4. The third kappa shape index (κ3) is 3.32. The number of hydrogen-bond acceptors (Lipinski definition) is 7. The fraction of sp³-hybridized carbons (Fsp3) is 0.278. The summed E-state index contributed by atoms with van der Waals surface area (Å²) in [5.41, 5.74) is 2.53. The number of aromatic amines is 1. The molecule has 4 rings (SSSR count). The van der Waals surface area contributed by atoms with E-state index < -0.39 is 5.97 Å². The van der Waals surface area contributed by atoms with Gasteiger partial charge in [-0.25, -0.2) is 19.7 Å². The van der Waals surface area contributed by atoms with Gasteiger partial charge in [-0.2, -0.15) is 5.26 Å². The number of imidazole rings is 1. The Kier molecular flexibility index (Phi) is 4.43. The van der Waals surface area contributed by atoms with Crippen LogP contribution in [-0.4, -0.2) is 37.6 Å². The van der Waals surface area contributed by atoms with Gasteiger partial charge in [0, 0.05) is 12.2 Å². The van der Waals surface area contributed by atoms with E-state index in [0.717, 1.165) is 36.6 Å². The summed E-state index contributed by atoms with van der Waals surface area (Å²) in [6, 6.07) is 5.42. The number of ether oxygens (including phenoxy) is 1. The Bertz CT molecular complexity index is 1060. The molecule has 27 heavy (non-hydrogen) atoms. The van der Waals surface area contributed by atoms with Crippen molar-refractivity contribution < 1.29 is 14.6 Å². The number of carboxylic acid groups (broad SMARTS) is 1. The molecule has 4 heterocycles. The minimum atomic E-state index is -1.01. The van der Waals surface area contributed by atoms with Crippen LogP contribution in [0, 0.1) is 18.3 Å². The summed E-state index contributed by atoms with van der Waals surface area (Å²) < 4.78 is 5.63. The van der Waals surface area contributed by atoms with Gasteiger partial charge in [-0.15, -0.1) is 11.3 Å². The quantitative estimate of drug-likeness (QED) is 0.710. The number of aromatic carboxylic acids is 1. The first kappa shape index (κ1) is 17.3. The molecule has 1 aliphatic rings. The normalized spacial score (nSPS) is 16.4. The largest absolute Gasteiger partial charge is 0.477 e. The van der Waals surface area contributed by atoms with Crippen LogP contribution in [0.15, 0.2) is 18.3 Å². The van der Waals surface area contributed by atoms with Crippen LogP contribution < -0.4 is 0 Å². The maximum Gasteiger partial charge on any atom is 0.347 e. The van der Waals surface area contributed by atoms with E-state index in [-0.39, 0.29) is 16.7 Å². The monoisotopic (exact) mass is 381 g/mol. The van der Waals surface area contributed by atoms with Crippen LogP contribution in [0.2, 0.25) is 0 Å². The van der Waals surface area contributed by atoms with Crippen molar-refractivity contribution in [2.75, 3.05) is 6.61 Å². The summed E-state index contributed by atoms with van der Waals surface area (Å²) in [5, 5.41) is 19.1. The zero-order chi connectivity index (χ0) is 19.0. The maximum atomic E-state index is 11.3. The molecule has 0 spiro atoms. The molecule has 0 amide bonds. The highest BCUT2D eigenvalue weighted by molar-refractivity contribution is 7.17. The third-order valence-corrected chi connectivity index (χ3v) is 5.48. The molecule has 1 unspecified atom stereocenters. The minimum absolute atomic E-state index is 0.0443. The SMILES string of the molecule is Cc1nc(-c2cc(C#N)nc(-c3cnc(C4CCCO4)[nH]3)c2)sc1C(=O)O. The lowest BCUT2D eigenvalue weighted by atomic mass is 10.1. The molecular weight excluding hydrogens is 366 g/mol. The predicted octanol–water partition coefficient (Wildman–Crippen LogP) is 3.33. The van der Waals surface area contributed by atoms with Gasteiger partial charge in [0.25, 0.3) is 0 Å². The first-order valence-corrected chi connectivity index (χ1v) is 9.17. The highest BCUT2D eigenvalue weighted by Crippen LogP contribution is 2.32. The second-order valence-electron chi connectivity index (χ2n) is 6.16. The van der Waals surface area contributed by atoms with Gasteiger partial charge in [0.1, 0.15) is 33.6 Å². The Balaban J connectivity index is 1.74. The molecule has 0 bridgehead atoms. The van der Waals surface area contributed by atoms with Crippen molar-refractivity contribution in [3.8, 4) is 28.0 Å². The topological polar surface area (TPSA) is 125 Å². The Morgan fingerprint density at radius 1 is 1.44 bits per heavy atom. The number of hydrogen-bond donors (Lipinski definition) is 2. The third-order valence-electron chi connectivity index (χ3n) is 4.28. The Hall–Kier alpha value is -3.09. The molecule has 8 nitrogen and oxygen atoms in total. The molecule has 136 valence electrons. The molecule has 0 aliphatic carbocycles. The first-order chi connectivity index (χ1) is 13.0. The van der Waals surface area contributed by atoms with E-state index in [1.165, 1.54) is 0 Å². The van der Waals surface area contributed by atoms with Crippen molar-refractivity contribution in [3.05, 3.63) is 40.4 Å². The van der Waals surface area contributed by atoms with Crippen LogP contribution in [0.3, 0.4) is 0 Å². The molecule has 2 N–H and O–H groups in total. The predicted molar refractivity (Wildman–Crippen MR) is 97.3 cm³/mol. The number of carbonyl (C=O) groups is 1. The molecule has 1 aliphatic heterocycles. The molecule has 0 saturated carbocycles. The van der Waals surface area contributed by atoms with Gasteiger partial charge < -0.3 is 14.8 Å². The van der Waals surface area contributed by atoms with Gasteiger partial charge >= 0.3 is 5.97 Å². The minimum Gasteiger partial charge on any atom is -0.477 e. The lowest BCUT2D eigenvalue weighted by Crippen LogP contribution is -1.98. The van der Waals surface area contributed by atoms with E-state index in [1.54, 1.807) is 25.3 Å². The van der Waals surface area contributed by atoms with E-state index >= 15 is 0 Å². The molecular formula is C18H15N5O3S. The Morgan fingerprint density at radius 3 is 2.96 bits per heavy atom. The fourth-order valence-electron chi connectivity index (χ4n) is 2.99. The zero-order valence-electron chi connectivity index (χ0n) is 14.4.